The molecule has 18 heavy (non-hydrogen) atoms. The molecule has 1 atom stereocenters. The average Bonchev–Trinajstić information content (AvgIpc) is 2.29. The Hall–Kier alpha value is -1.00. The molecule has 1 rings (SSSR count). The fourth-order valence-electron chi connectivity index (χ4n) is 1.51. The lowest BCUT2D eigenvalue weighted by Gasteiger charge is -2.19. The topological polar surface area (TPSA) is 49.3 Å². The Balaban J connectivity index is 2.62. The van der Waals surface area contributed by atoms with Gasteiger partial charge in [-0.05, 0) is 30.2 Å². The Labute approximate surface area is 113 Å². The van der Waals surface area contributed by atoms with Gasteiger partial charge in [0.15, 0.2) is 0 Å². The average molecular weight is 267 g/mol. The minimum absolute atomic E-state index is 0.151. The largest absolute Gasteiger partial charge is 0.480 e. The van der Waals surface area contributed by atoms with Crippen LogP contribution in [-0.2, 0) is 10.2 Å². The van der Waals surface area contributed by atoms with E-state index in [1.165, 1.54) is 5.56 Å². The molecule has 0 bridgehead atoms. The van der Waals surface area contributed by atoms with Crippen LogP contribution >= 0.6 is 11.8 Å². The molecule has 0 amide bonds. The van der Waals surface area contributed by atoms with Crippen LogP contribution in [0.25, 0.3) is 0 Å². The quantitative estimate of drug-likeness (QED) is 0.805. The van der Waals surface area contributed by atoms with Gasteiger partial charge < -0.3 is 10.4 Å². The summed E-state index contributed by atoms with van der Waals surface area (Å²) in [6.07, 6.45) is 0. The summed E-state index contributed by atoms with van der Waals surface area (Å²) in [5, 5.41) is 11.7. The van der Waals surface area contributed by atoms with Crippen molar-refractivity contribution in [2.45, 2.75) is 37.1 Å². The van der Waals surface area contributed by atoms with Crippen molar-refractivity contribution in [2.75, 3.05) is 12.8 Å². The van der Waals surface area contributed by atoms with E-state index in [2.05, 4.69) is 50.4 Å². The first-order valence-corrected chi connectivity index (χ1v) is 6.96. The lowest BCUT2D eigenvalue weighted by Crippen LogP contribution is -2.35. The first-order chi connectivity index (χ1) is 8.34. The zero-order valence-electron chi connectivity index (χ0n) is 11.4. The predicted molar refractivity (Wildman–Crippen MR) is 76.3 cm³/mol. The maximum Gasteiger partial charge on any atom is 0.321 e. The number of hydrogen-bond acceptors (Lipinski definition) is 3. The molecule has 0 spiro atoms. The highest BCUT2D eigenvalue weighted by Crippen LogP contribution is 2.25. The molecule has 2 N–H and O–H groups in total. The molecule has 0 saturated carbocycles. The van der Waals surface area contributed by atoms with Crippen molar-refractivity contribution in [3.05, 3.63) is 29.8 Å². The van der Waals surface area contributed by atoms with Gasteiger partial charge in [-0.3, -0.25) is 4.79 Å². The van der Waals surface area contributed by atoms with E-state index in [-0.39, 0.29) is 5.41 Å². The summed E-state index contributed by atoms with van der Waals surface area (Å²) < 4.78 is 0. The van der Waals surface area contributed by atoms with Crippen molar-refractivity contribution in [1.82, 2.24) is 5.32 Å². The van der Waals surface area contributed by atoms with Crippen LogP contribution in [0.5, 0.6) is 0 Å². The number of likely N-dealkylation sites (N-methyl/N-ethyl adjacent to an activating group) is 1. The van der Waals surface area contributed by atoms with Crippen LogP contribution in [0.4, 0.5) is 0 Å². The number of benzene rings is 1. The maximum atomic E-state index is 10.9. The van der Waals surface area contributed by atoms with Crippen molar-refractivity contribution in [1.29, 1.82) is 0 Å². The van der Waals surface area contributed by atoms with Crippen molar-refractivity contribution in [2.24, 2.45) is 0 Å². The zero-order chi connectivity index (χ0) is 13.8. The molecule has 0 radical (unpaired) electrons. The number of thioether (sulfide) groups is 1. The molecule has 3 nitrogen and oxygen atoms in total. The van der Waals surface area contributed by atoms with Gasteiger partial charge in [-0.25, -0.2) is 0 Å². The standard InChI is InChI=1S/C14H21NO2S/c1-14(2,3)10-5-7-11(8-6-10)18-9-12(15-4)13(16)17/h5-8,12,15H,9H2,1-4H3,(H,16,17). The number of hydrogen-bond donors (Lipinski definition) is 2. The first-order valence-electron chi connectivity index (χ1n) is 5.98. The summed E-state index contributed by atoms with van der Waals surface area (Å²) in [6, 6.07) is 7.83. The fraction of sp³-hybridized carbons (Fsp3) is 0.500. The van der Waals surface area contributed by atoms with E-state index in [1.54, 1.807) is 18.8 Å². The number of carboxylic acids is 1. The van der Waals surface area contributed by atoms with E-state index in [0.717, 1.165) is 4.90 Å². The lowest BCUT2D eigenvalue weighted by molar-refractivity contribution is -0.138. The van der Waals surface area contributed by atoms with Crippen LogP contribution in [0.2, 0.25) is 0 Å². The van der Waals surface area contributed by atoms with Crippen molar-refractivity contribution in [3.63, 3.8) is 0 Å². The van der Waals surface area contributed by atoms with Crippen LogP contribution in [-0.4, -0.2) is 29.9 Å². The van der Waals surface area contributed by atoms with E-state index < -0.39 is 12.0 Å². The summed E-state index contributed by atoms with van der Waals surface area (Å²) in [7, 11) is 1.67. The van der Waals surface area contributed by atoms with Gasteiger partial charge in [-0.15, -0.1) is 11.8 Å². The Bertz CT molecular complexity index is 395. The molecule has 0 heterocycles. The van der Waals surface area contributed by atoms with Crippen molar-refractivity contribution < 1.29 is 9.90 Å². The minimum atomic E-state index is -0.809. The second kappa shape index (κ2) is 6.25. The second-order valence-corrected chi connectivity index (χ2v) is 6.36. The molecule has 4 heteroatoms. The molecule has 0 saturated heterocycles. The first kappa shape index (κ1) is 15.1. The number of carbonyl (C=O) groups is 1. The Morgan fingerprint density at radius 2 is 1.89 bits per heavy atom. The summed E-state index contributed by atoms with van der Waals surface area (Å²) >= 11 is 1.56. The second-order valence-electron chi connectivity index (χ2n) is 5.26. The molecule has 1 unspecified atom stereocenters. The van der Waals surface area contributed by atoms with Crippen LogP contribution < -0.4 is 5.32 Å². The molecular weight excluding hydrogens is 246 g/mol. The molecule has 0 aliphatic rings. The molecule has 0 aliphatic carbocycles. The SMILES string of the molecule is CNC(CSc1ccc(C(C)(C)C)cc1)C(=O)O. The van der Waals surface area contributed by atoms with E-state index >= 15 is 0 Å². The Morgan fingerprint density at radius 1 is 1.33 bits per heavy atom. The van der Waals surface area contributed by atoms with Crippen LogP contribution in [0.15, 0.2) is 29.2 Å². The van der Waals surface area contributed by atoms with Crippen molar-refractivity contribution in [3.8, 4) is 0 Å². The molecule has 1 aromatic rings. The van der Waals surface area contributed by atoms with Gasteiger partial charge in [0, 0.05) is 10.6 Å². The number of nitrogens with one attached hydrogen (secondary N) is 1. The lowest BCUT2D eigenvalue weighted by atomic mass is 9.87. The van der Waals surface area contributed by atoms with Gasteiger partial charge >= 0.3 is 5.97 Å². The molecule has 0 aromatic heterocycles. The minimum Gasteiger partial charge on any atom is -0.480 e. The highest BCUT2D eigenvalue weighted by atomic mass is 32.2. The molecule has 0 aliphatic heterocycles. The van der Waals surface area contributed by atoms with E-state index in [9.17, 15) is 4.79 Å². The molecule has 100 valence electrons. The molecule has 1 aromatic carbocycles. The zero-order valence-corrected chi connectivity index (χ0v) is 12.2. The van der Waals surface area contributed by atoms with Crippen LogP contribution in [0.3, 0.4) is 0 Å². The fourth-order valence-corrected chi connectivity index (χ4v) is 2.51. The van der Waals surface area contributed by atoms with Gasteiger partial charge in [-0.1, -0.05) is 32.9 Å². The summed E-state index contributed by atoms with van der Waals surface area (Å²) in [5.41, 5.74) is 1.44. The van der Waals surface area contributed by atoms with E-state index in [1.807, 2.05) is 0 Å². The molecule has 0 fully saturated rings. The van der Waals surface area contributed by atoms with Gasteiger partial charge in [0.25, 0.3) is 0 Å². The van der Waals surface area contributed by atoms with Gasteiger partial charge in [-0.2, -0.15) is 0 Å². The highest BCUT2D eigenvalue weighted by molar-refractivity contribution is 7.99. The monoisotopic (exact) mass is 267 g/mol. The van der Waals surface area contributed by atoms with Crippen LogP contribution in [0, 0.1) is 0 Å². The summed E-state index contributed by atoms with van der Waals surface area (Å²) in [5.74, 6) is -0.281. The van der Waals surface area contributed by atoms with Gasteiger partial charge in [0.05, 0.1) is 0 Å². The number of aliphatic carboxylic acids is 1. The van der Waals surface area contributed by atoms with E-state index in [0.29, 0.717) is 5.75 Å². The van der Waals surface area contributed by atoms with Gasteiger partial charge in [0.2, 0.25) is 0 Å². The molecular formula is C14H21NO2S. The predicted octanol–water partition coefficient (Wildman–Crippen LogP) is 2.75. The summed E-state index contributed by atoms with van der Waals surface area (Å²) in [6.45, 7) is 6.53. The van der Waals surface area contributed by atoms with E-state index in [4.69, 9.17) is 5.11 Å². The normalized spacial score (nSPS) is 13.3. The summed E-state index contributed by atoms with van der Waals surface area (Å²) in [4.78, 5) is 12.0. The number of rotatable bonds is 5. The third kappa shape index (κ3) is 4.35. The smallest absolute Gasteiger partial charge is 0.321 e. The Morgan fingerprint density at radius 3 is 2.28 bits per heavy atom. The third-order valence-electron chi connectivity index (χ3n) is 2.78. The Kier molecular flexibility index (Phi) is 5.23. The van der Waals surface area contributed by atoms with Crippen molar-refractivity contribution >= 4 is 17.7 Å². The van der Waals surface area contributed by atoms with Gasteiger partial charge in [0.1, 0.15) is 6.04 Å². The maximum absolute atomic E-state index is 10.9. The highest BCUT2D eigenvalue weighted by Gasteiger charge is 2.16. The van der Waals surface area contributed by atoms with Crippen LogP contribution in [0.1, 0.15) is 26.3 Å². The third-order valence-corrected chi connectivity index (χ3v) is 3.89. The number of carboxylic acid groups (broad SMARTS) is 1.